The molecule has 0 amide bonds. The molecule has 5 nitrogen and oxygen atoms in total. The van der Waals surface area contributed by atoms with E-state index in [1.807, 2.05) is 17.9 Å². The molecule has 0 radical (unpaired) electrons. The van der Waals surface area contributed by atoms with Crippen LogP contribution >= 0.6 is 12.2 Å². The largest absolute Gasteiger partial charge is 0.508 e. The van der Waals surface area contributed by atoms with Crippen LogP contribution < -0.4 is 10.2 Å². The maximum atomic E-state index is 10.8. The lowest BCUT2D eigenvalue weighted by molar-refractivity contribution is 0.445. The Labute approximate surface area is 205 Å². The van der Waals surface area contributed by atoms with Crippen LogP contribution in [-0.2, 0) is 13.0 Å². The van der Waals surface area contributed by atoms with Gasteiger partial charge in [0.15, 0.2) is 5.11 Å². The van der Waals surface area contributed by atoms with E-state index in [-0.39, 0.29) is 11.5 Å². The Hall–Kier alpha value is -3.51. The van der Waals surface area contributed by atoms with Crippen LogP contribution in [0.3, 0.4) is 0 Å². The number of benzene rings is 3. The van der Waals surface area contributed by atoms with Crippen LogP contribution in [0.1, 0.15) is 38.3 Å². The monoisotopic (exact) mass is 473 g/mol. The highest BCUT2D eigenvalue weighted by Crippen LogP contribution is 2.38. The molecule has 1 aromatic heterocycles. The van der Waals surface area contributed by atoms with Crippen LogP contribution in [0.4, 0.5) is 5.69 Å². The Morgan fingerprint density at radius 2 is 1.71 bits per heavy atom. The molecule has 0 aliphatic carbocycles. The lowest BCUT2D eigenvalue weighted by Crippen LogP contribution is -2.36. The fraction of sp³-hybridized carbons (Fsp3) is 0.250. The second kappa shape index (κ2) is 9.77. The molecule has 0 aliphatic heterocycles. The van der Waals surface area contributed by atoms with E-state index in [9.17, 15) is 10.2 Å². The van der Waals surface area contributed by atoms with E-state index in [1.165, 1.54) is 22.5 Å². The van der Waals surface area contributed by atoms with Gasteiger partial charge in [0.2, 0.25) is 0 Å². The lowest BCUT2D eigenvalue weighted by Gasteiger charge is -2.29. The van der Waals surface area contributed by atoms with Crippen LogP contribution in [0.5, 0.6) is 11.5 Å². The summed E-state index contributed by atoms with van der Waals surface area (Å²) in [5.41, 5.74) is 5.44. The minimum Gasteiger partial charge on any atom is -0.508 e. The Bertz CT molecular complexity index is 1400. The van der Waals surface area contributed by atoms with Gasteiger partial charge in [0.1, 0.15) is 11.5 Å². The number of hydrogen-bond donors (Lipinski definition) is 3. The number of nitrogens with one attached hydrogen (secondary N) is 1. The zero-order valence-corrected chi connectivity index (χ0v) is 20.9. The van der Waals surface area contributed by atoms with E-state index in [0.717, 1.165) is 35.3 Å². The van der Waals surface area contributed by atoms with Gasteiger partial charge in [-0.25, -0.2) is 0 Å². The minimum absolute atomic E-state index is 0.0157. The Morgan fingerprint density at radius 1 is 0.971 bits per heavy atom. The van der Waals surface area contributed by atoms with Gasteiger partial charge in [0.25, 0.3) is 0 Å². The second-order valence-corrected chi connectivity index (χ2v) is 8.59. The van der Waals surface area contributed by atoms with Gasteiger partial charge in [0, 0.05) is 52.7 Å². The Kier molecular flexibility index (Phi) is 6.80. The number of phenols is 2. The number of anilines is 1. The van der Waals surface area contributed by atoms with Crippen molar-refractivity contribution in [2.75, 3.05) is 11.9 Å². The molecule has 3 aromatic carbocycles. The number of allylic oxidation sites excluding steroid dienone is 1. The van der Waals surface area contributed by atoms with Crippen molar-refractivity contribution in [3.05, 3.63) is 71.8 Å². The maximum absolute atomic E-state index is 10.8. The summed E-state index contributed by atoms with van der Waals surface area (Å²) in [7, 11) is 1.80. The molecule has 6 heteroatoms. The number of hydrogen-bond acceptors (Lipinski definition) is 3. The van der Waals surface area contributed by atoms with Crippen molar-refractivity contribution in [3.63, 3.8) is 0 Å². The number of aryl methyl sites for hydroxylation is 2. The summed E-state index contributed by atoms with van der Waals surface area (Å²) < 4.78 is 2.32. The third-order valence-electron chi connectivity index (χ3n) is 6.24. The third kappa shape index (κ3) is 3.99. The first kappa shape index (κ1) is 23.6. The summed E-state index contributed by atoms with van der Waals surface area (Å²) >= 11 is 5.76. The van der Waals surface area contributed by atoms with Gasteiger partial charge in [-0.3, -0.25) is 4.90 Å². The van der Waals surface area contributed by atoms with Gasteiger partial charge in [-0.05, 0) is 67.9 Å². The number of rotatable bonds is 6. The van der Waals surface area contributed by atoms with Crippen molar-refractivity contribution in [3.8, 4) is 11.5 Å². The first-order valence-corrected chi connectivity index (χ1v) is 12.1. The molecule has 0 saturated heterocycles. The molecule has 1 heterocycles. The average molecular weight is 474 g/mol. The van der Waals surface area contributed by atoms with Crippen molar-refractivity contribution >= 4 is 50.5 Å². The highest BCUT2D eigenvalue weighted by atomic mass is 32.1. The maximum Gasteiger partial charge on any atom is 0.177 e. The molecule has 4 rings (SSSR count). The molecule has 34 heavy (non-hydrogen) atoms. The average Bonchev–Trinajstić information content (AvgIpc) is 3.17. The second-order valence-electron chi connectivity index (χ2n) is 8.20. The fourth-order valence-electron chi connectivity index (χ4n) is 4.62. The first-order valence-electron chi connectivity index (χ1n) is 11.7. The predicted molar refractivity (Wildman–Crippen MR) is 147 cm³/mol. The summed E-state index contributed by atoms with van der Waals surface area (Å²) in [6, 6.07) is 18.1. The van der Waals surface area contributed by atoms with Gasteiger partial charge >= 0.3 is 0 Å². The van der Waals surface area contributed by atoms with Gasteiger partial charge in [0.05, 0.1) is 5.70 Å². The van der Waals surface area contributed by atoms with Gasteiger partial charge < -0.3 is 20.1 Å². The molecule has 0 saturated carbocycles. The number of aromatic hydroxyl groups is 2. The smallest absolute Gasteiger partial charge is 0.177 e. The molecule has 0 fully saturated rings. The topological polar surface area (TPSA) is 60.7 Å². The molecular weight excluding hydrogens is 442 g/mol. The van der Waals surface area contributed by atoms with Gasteiger partial charge in [-0.2, -0.15) is 0 Å². The zero-order chi connectivity index (χ0) is 24.4. The Morgan fingerprint density at radius 3 is 2.38 bits per heavy atom. The van der Waals surface area contributed by atoms with Crippen LogP contribution in [0, 0.1) is 0 Å². The van der Waals surface area contributed by atoms with Crippen LogP contribution in [-0.4, -0.2) is 26.9 Å². The molecule has 4 aromatic rings. The molecule has 0 unspecified atom stereocenters. The summed E-state index contributed by atoms with van der Waals surface area (Å²) in [5, 5.41) is 27.0. The SMILES string of the molecule is CCC=C(c1cc(CC)c(O)cc1O)N(C(=S)NC)c1ccc2c(c1)c1ccccc1n2CC. The zero-order valence-electron chi connectivity index (χ0n) is 20.1. The van der Waals surface area contributed by atoms with E-state index >= 15 is 0 Å². The molecule has 0 atom stereocenters. The van der Waals surface area contributed by atoms with Crippen molar-refractivity contribution in [2.45, 2.75) is 40.2 Å². The van der Waals surface area contributed by atoms with E-state index in [0.29, 0.717) is 17.1 Å². The summed E-state index contributed by atoms with van der Waals surface area (Å²) in [4.78, 5) is 1.96. The fourth-order valence-corrected chi connectivity index (χ4v) is 4.83. The van der Waals surface area contributed by atoms with Crippen LogP contribution in [0.25, 0.3) is 27.5 Å². The molecule has 0 bridgehead atoms. The number of para-hydroxylation sites is 1. The molecule has 0 spiro atoms. The van der Waals surface area contributed by atoms with Crippen molar-refractivity contribution < 1.29 is 10.2 Å². The summed E-state index contributed by atoms with van der Waals surface area (Å²) in [6.45, 7) is 7.07. The van der Waals surface area contributed by atoms with Crippen molar-refractivity contribution in [2.24, 2.45) is 0 Å². The predicted octanol–water partition coefficient (Wildman–Crippen LogP) is 6.55. The minimum atomic E-state index is 0.0157. The number of nitrogens with zero attached hydrogens (tertiary/aromatic N) is 2. The van der Waals surface area contributed by atoms with E-state index in [4.69, 9.17) is 12.2 Å². The van der Waals surface area contributed by atoms with Crippen molar-refractivity contribution in [1.82, 2.24) is 9.88 Å². The van der Waals surface area contributed by atoms with Crippen LogP contribution in [0.15, 0.2) is 60.7 Å². The van der Waals surface area contributed by atoms with E-state index in [1.54, 1.807) is 7.05 Å². The summed E-state index contributed by atoms with van der Waals surface area (Å²) in [6.07, 6.45) is 3.45. The highest BCUT2D eigenvalue weighted by molar-refractivity contribution is 7.80. The third-order valence-corrected chi connectivity index (χ3v) is 6.63. The molecular formula is C28H31N3O2S. The lowest BCUT2D eigenvalue weighted by atomic mass is 10.0. The highest BCUT2D eigenvalue weighted by Gasteiger charge is 2.23. The standard InChI is InChI=1S/C28H31N3O2S/c1-5-10-25(22-15-18(6-2)26(32)17-27(22)33)31(28(34)29-4)19-13-14-24-21(16-19)20-11-8-9-12-23(20)30(24)7-3/h8-17,32-33H,5-7H2,1-4H3,(H,29,34). The number of phenolic OH excluding ortho intramolecular Hbond substituents is 2. The number of aromatic nitrogens is 1. The molecule has 0 aliphatic rings. The van der Waals surface area contributed by atoms with Gasteiger partial charge in [-0.15, -0.1) is 0 Å². The number of fused-ring (bicyclic) bond motifs is 3. The molecule has 176 valence electrons. The van der Waals surface area contributed by atoms with E-state index < -0.39 is 0 Å². The summed E-state index contributed by atoms with van der Waals surface area (Å²) in [5.74, 6) is 0.109. The van der Waals surface area contributed by atoms with E-state index in [2.05, 4.69) is 72.3 Å². The molecule has 3 N–H and O–H groups in total. The van der Waals surface area contributed by atoms with Crippen molar-refractivity contribution in [1.29, 1.82) is 0 Å². The Balaban J connectivity index is 1.97. The van der Waals surface area contributed by atoms with Gasteiger partial charge in [-0.1, -0.05) is 38.1 Å². The number of thiocarbonyl (C=S) groups is 1. The first-order chi connectivity index (χ1) is 16.4. The van der Waals surface area contributed by atoms with Crippen LogP contribution in [0.2, 0.25) is 0 Å². The quantitative estimate of drug-likeness (QED) is 0.277. The normalized spacial score (nSPS) is 11.8.